The van der Waals surface area contributed by atoms with Gasteiger partial charge in [0.1, 0.15) is 17.3 Å². The average Bonchev–Trinajstić information content (AvgIpc) is 3.25. The van der Waals surface area contributed by atoms with Crippen LogP contribution in [0.15, 0.2) is 48.5 Å². The van der Waals surface area contributed by atoms with Crippen LogP contribution in [0.3, 0.4) is 0 Å². The van der Waals surface area contributed by atoms with Gasteiger partial charge in [0.15, 0.2) is 0 Å². The highest BCUT2D eigenvalue weighted by atomic mass is 19.1. The Morgan fingerprint density at radius 2 is 1.92 bits per heavy atom. The van der Waals surface area contributed by atoms with Gasteiger partial charge in [-0.1, -0.05) is 18.2 Å². The van der Waals surface area contributed by atoms with E-state index in [1.807, 2.05) is 29.2 Å². The number of aliphatic hydroxyl groups excluding tert-OH is 1. The van der Waals surface area contributed by atoms with E-state index in [4.69, 9.17) is 15.2 Å². The molecule has 2 fully saturated rings. The number of hydrogen-bond acceptors (Lipinski definition) is 6. The second-order valence-corrected chi connectivity index (χ2v) is 10.4. The molecule has 0 aromatic heterocycles. The van der Waals surface area contributed by atoms with Crippen LogP contribution in [-0.2, 0) is 15.1 Å². The van der Waals surface area contributed by atoms with Gasteiger partial charge in [0, 0.05) is 50.2 Å². The molecule has 2 aromatic rings. The Hall–Kier alpha value is -2.52. The zero-order valence-electron chi connectivity index (χ0n) is 21.5. The lowest BCUT2D eigenvalue weighted by atomic mass is 9.73. The fraction of sp³-hybridized carbons (Fsp3) is 0.552. The van der Waals surface area contributed by atoms with Crippen LogP contribution >= 0.6 is 0 Å². The van der Waals surface area contributed by atoms with Crippen LogP contribution in [0.2, 0.25) is 0 Å². The van der Waals surface area contributed by atoms with Crippen molar-refractivity contribution in [2.24, 2.45) is 17.6 Å². The molecule has 5 atom stereocenters. The molecular weight excluding hydrogens is 475 g/mol. The average molecular weight is 515 g/mol. The molecule has 1 saturated heterocycles. The third-order valence-electron chi connectivity index (χ3n) is 7.89. The minimum Gasteiger partial charge on any atom is -0.457 e. The van der Waals surface area contributed by atoms with E-state index in [0.717, 1.165) is 25.7 Å². The molecule has 202 valence electrons. The summed E-state index contributed by atoms with van der Waals surface area (Å²) in [6.07, 6.45) is 3.79. The highest BCUT2D eigenvalue weighted by molar-refractivity contribution is 5.79. The Bertz CT molecular complexity index is 1030. The predicted octanol–water partition coefficient (Wildman–Crippen LogP) is 3.96. The molecule has 2 aliphatic rings. The van der Waals surface area contributed by atoms with Crippen LogP contribution in [0.4, 0.5) is 4.39 Å². The Morgan fingerprint density at radius 1 is 1.16 bits per heavy atom. The number of benzene rings is 2. The molecular formula is C29H39FN2O5. The number of hydrogen-bond donors (Lipinski definition) is 3. The number of nitrogens with zero attached hydrogens (tertiary/aromatic N) is 1. The number of carbonyl (C=O) groups is 1. The number of halogens is 1. The smallest absolute Gasteiger partial charge is 0.225 e. The van der Waals surface area contributed by atoms with Gasteiger partial charge in [0.05, 0.1) is 11.7 Å². The minimum atomic E-state index is -1.24. The van der Waals surface area contributed by atoms with Crippen molar-refractivity contribution in [3.05, 3.63) is 59.9 Å². The summed E-state index contributed by atoms with van der Waals surface area (Å²) >= 11 is 0. The number of rotatable bonds is 10. The molecule has 1 heterocycles. The number of ether oxygens (including phenoxy) is 2. The molecule has 1 aliphatic heterocycles. The molecule has 2 aromatic carbocycles. The fourth-order valence-electron chi connectivity index (χ4n) is 5.82. The van der Waals surface area contributed by atoms with E-state index in [1.54, 1.807) is 19.2 Å². The van der Waals surface area contributed by atoms with Gasteiger partial charge in [-0.2, -0.15) is 0 Å². The maximum atomic E-state index is 13.4. The lowest BCUT2D eigenvalue weighted by Gasteiger charge is -2.44. The van der Waals surface area contributed by atoms with Gasteiger partial charge in [-0.25, -0.2) is 4.39 Å². The minimum absolute atomic E-state index is 0.00859. The third-order valence-corrected chi connectivity index (χ3v) is 7.89. The van der Waals surface area contributed by atoms with Crippen LogP contribution < -0.4 is 10.5 Å². The van der Waals surface area contributed by atoms with Crippen molar-refractivity contribution in [3.8, 4) is 11.5 Å². The molecule has 1 saturated carbocycles. The molecule has 37 heavy (non-hydrogen) atoms. The molecule has 7 nitrogen and oxygen atoms in total. The van der Waals surface area contributed by atoms with Gasteiger partial charge in [0.25, 0.3) is 0 Å². The Morgan fingerprint density at radius 3 is 2.62 bits per heavy atom. The standard InChI is InChI=1S/C29H39FN2O5/c1-36-16-5-4-14-29(35,24-8-2-3-9-27(24)37-23-12-10-22(30)11-13-23)21-7-6-15-32(19-21)28(34)20-17-25(31)26(33)18-20/h2-3,8-13,20-21,25-26,33,35H,4-7,14-19,31H2,1H3/t20-,21+,25+,26-,29-/m0/s1. The number of aliphatic hydroxyl groups is 2. The van der Waals surface area contributed by atoms with Gasteiger partial charge in [-0.15, -0.1) is 0 Å². The van der Waals surface area contributed by atoms with Crippen LogP contribution in [0.1, 0.15) is 50.5 Å². The summed E-state index contributed by atoms with van der Waals surface area (Å²) in [5.41, 5.74) is 5.39. The summed E-state index contributed by atoms with van der Waals surface area (Å²) in [4.78, 5) is 15.2. The molecule has 0 unspecified atom stereocenters. The van der Waals surface area contributed by atoms with Crippen molar-refractivity contribution in [3.63, 3.8) is 0 Å². The zero-order chi connectivity index (χ0) is 26.4. The van der Waals surface area contributed by atoms with Crippen molar-refractivity contribution in [1.82, 2.24) is 4.90 Å². The Kier molecular flexibility index (Phi) is 9.18. The molecule has 0 spiro atoms. The van der Waals surface area contributed by atoms with Gasteiger partial charge in [-0.05, 0) is 75.3 Å². The number of nitrogens with two attached hydrogens (primary N) is 1. The first kappa shape index (κ1) is 27.5. The number of amides is 1. The van der Waals surface area contributed by atoms with E-state index >= 15 is 0 Å². The maximum Gasteiger partial charge on any atom is 0.225 e. The summed E-state index contributed by atoms with van der Waals surface area (Å²) in [5.74, 6) is 0.162. The molecule has 8 heteroatoms. The van der Waals surface area contributed by atoms with Gasteiger partial charge >= 0.3 is 0 Å². The molecule has 0 radical (unpaired) electrons. The first-order chi connectivity index (χ1) is 17.8. The molecule has 1 amide bonds. The van der Waals surface area contributed by atoms with E-state index < -0.39 is 11.7 Å². The van der Waals surface area contributed by atoms with E-state index in [2.05, 4.69) is 0 Å². The lowest BCUT2D eigenvalue weighted by molar-refractivity contribution is -0.141. The molecule has 0 bridgehead atoms. The van der Waals surface area contributed by atoms with Gasteiger partial charge in [-0.3, -0.25) is 4.79 Å². The van der Waals surface area contributed by atoms with Crippen molar-refractivity contribution in [2.45, 2.75) is 62.7 Å². The number of carbonyl (C=O) groups excluding carboxylic acids is 1. The van der Waals surface area contributed by atoms with E-state index in [0.29, 0.717) is 56.0 Å². The lowest BCUT2D eigenvalue weighted by Crippen LogP contribution is -2.49. The first-order valence-electron chi connectivity index (χ1n) is 13.3. The number of unbranched alkanes of at least 4 members (excludes halogenated alkanes) is 1. The Labute approximate surface area is 218 Å². The van der Waals surface area contributed by atoms with Crippen molar-refractivity contribution < 1.29 is 28.9 Å². The number of piperidine rings is 1. The maximum absolute atomic E-state index is 13.4. The second kappa shape index (κ2) is 12.3. The molecule has 1 aliphatic carbocycles. The van der Waals surface area contributed by atoms with Crippen LogP contribution in [0, 0.1) is 17.7 Å². The quantitative estimate of drug-likeness (QED) is 0.415. The van der Waals surface area contributed by atoms with E-state index in [-0.39, 0.29) is 29.6 Å². The van der Waals surface area contributed by atoms with Crippen LogP contribution in [-0.4, -0.2) is 60.0 Å². The summed E-state index contributed by atoms with van der Waals surface area (Å²) < 4.78 is 24.8. The monoisotopic (exact) mass is 514 g/mol. The summed E-state index contributed by atoms with van der Waals surface area (Å²) in [5, 5.41) is 22.5. The van der Waals surface area contributed by atoms with Gasteiger partial charge in [0.2, 0.25) is 5.91 Å². The summed E-state index contributed by atoms with van der Waals surface area (Å²) in [6, 6.07) is 12.8. The number of likely N-dealkylation sites (tertiary alicyclic amines) is 1. The normalized spacial score (nSPS) is 25.6. The Balaban J connectivity index is 1.59. The van der Waals surface area contributed by atoms with Crippen molar-refractivity contribution in [1.29, 1.82) is 0 Å². The summed E-state index contributed by atoms with van der Waals surface area (Å²) in [7, 11) is 1.66. The highest BCUT2D eigenvalue weighted by Gasteiger charge is 2.44. The van der Waals surface area contributed by atoms with Crippen molar-refractivity contribution in [2.75, 3.05) is 26.8 Å². The number of para-hydroxylation sites is 1. The second-order valence-electron chi connectivity index (χ2n) is 10.4. The van der Waals surface area contributed by atoms with E-state index in [9.17, 15) is 19.4 Å². The number of methoxy groups -OCH3 is 1. The highest BCUT2D eigenvalue weighted by Crippen LogP contribution is 2.44. The van der Waals surface area contributed by atoms with Crippen LogP contribution in [0.5, 0.6) is 11.5 Å². The predicted molar refractivity (Wildman–Crippen MR) is 139 cm³/mol. The first-order valence-corrected chi connectivity index (χ1v) is 13.3. The van der Waals surface area contributed by atoms with Crippen molar-refractivity contribution >= 4 is 5.91 Å². The van der Waals surface area contributed by atoms with E-state index in [1.165, 1.54) is 12.1 Å². The van der Waals surface area contributed by atoms with Gasteiger partial charge < -0.3 is 30.3 Å². The topological polar surface area (TPSA) is 105 Å². The zero-order valence-corrected chi connectivity index (χ0v) is 21.5. The van der Waals surface area contributed by atoms with Crippen LogP contribution in [0.25, 0.3) is 0 Å². The largest absolute Gasteiger partial charge is 0.457 e. The fourth-order valence-corrected chi connectivity index (χ4v) is 5.82. The summed E-state index contributed by atoms with van der Waals surface area (Å²) in [6.45, 7) is 1.65. The molecule has 4 N–H and O–H groups in total. The SMILES string of the molecule is COCCCC[C@@](O)(c1ccccc1Oc1ccc(F)cc1)[C@@H]1CCCN(C(=O)[C@H]2C[C@@H](N)[C@@H](O)C2)C1. The third kappa shape index (κ3) is 6.49. The molecule has 4 rings (SSSR count).